The van der Waals surface area contributed by atoms with Crippen LogP contribution >= 0.6 is 11.6 Å². The molecule has 1 aromatic rings. The van der Waals surface area contributed by atoms with Gasteiger partial charge in [0.15, 0.2) is 0 Å². The number of hydrogen-bond donors (Lipinski definition) is 1. The van der Waals surface area contributed by atoms with Crippen LogP contribution in [0.5, 0.6) is 0 Å². The molecule has 2 atom stereocenters. The molecular formula is C15H19ClFN. The molecule has 3 rings (SSSR count). The maximum Gasteiger partial charge on any atom is 0.124 e. The highest BCUT2D eigenvalue weighted by atomic mass is 35.5. The van der Waals surface area contributed by atoms with Gasteiger partial charge in [-0.3, -0.25) is 0 Å². The maximum absolute atomic E-state index is 13.0. The zero-order valence-corrected chi connectivity index (χ0v) is 11.2. The third-order valence-electron chi connectivity index (χ3n) is 4.32. The van der Waals surface area contributed by atoms with Gasteiger partial charge < -0.3 is 5.32 Å². The van der Waals surface area contributed by atoms with Gasteiger partial charge in [0.2, 0.25) is 0 Å². The second-order valence-electron chi connectivity index (χ2n) is 5.72. The van der Waals surface area contributed by atoms with Crippen molar-refractivity contribution in [3.05, 3.63) is 34.6 Å². The molecule has 18 heavy (non-hydrogen) atoms. The topological polar surface area (TPSA) is 12.0 Å². The normalized spacial score (nSPS) is 27.0. The smallest absolute Gasteiger partial charge is 0.124 e. The molecule has 0 saturated heterocycles. The van der Waals surface area contributed by atoms with Gasteiger partial charge >= 0.3 is 0 Å². The van der Waals surface area contributed by atoms with E-state index in [-0.39, 0.29) is 5.82 Å². The van der Waals surface area contributed by atoms with E-state index in [1.54, 1.807) is 0 Å². The Morgan fingerprint density at radius 1 is 1.17 bits per heavy atom. The second kappa shape index (κ2) is 5.18. The van der Waals surface area contributed by atoms with Crippen molar-refractivity contribution in [1.82, 2.24) is 5.32 Å². The molecule has 2 aliphatic rings. The molecule has 1 nitrogen and oxygen atoms in total. The predicted molar refractivity (Wildman–Crippen MR) is 72.4 cm³/mol. The highest BCUT2D eigenvalue weighted by Crippen LogP contribution is 2.38. The summed E-state index contributed by atoms with van der Waals surface area (Å²) in [5.41, 5.74) is 1.10. The third-order valence-corrected chi connectivity index (χ3v) is 4.67. The lowest BCUT2D eigenvalue weighted by Crippen LogP contribution is -2.37. The van der Waals surface area contributed by atoms with E-state index >= 15 is 0 Å². The number of hydrogen-bond acceptors (Lipinski definition) is 1. The summed E-state index contributed by atoms with van der Waals surface area (Å²) >= 11 is 6.08. The van der Waals surface area contributed by atoms with Crippen molar-refractivity contribution >= 4 is 11.6 Å². The van der Waals surface area contributed by atoms with E-state index in [0.717, 1.165) is 36.4 Å². The first kappa shape index (κ1) is 12.4. The van der Waals surface area contributed by atoms with Crippen molar-refractivity contribution in [3.8, 4) is 0 Å². The van der Waals surface area contributed by atoms with Crippen LogP contribution in [-0.4, -0.2) is 12.6 Å². The Morgan fingerprint density at radius 2 is 1.94 bits per heavy atom. The Hall–Kier alpha value is -0.600. The van der Waals surface area contributed by atoms with E-state index in [9.17, 15) is 4.39 Å². The first-order valence-electron chi connectivity index (χ1n) is 6.89. The number of benzene rings is 1. The van der Waals surface area contributed by atoms with Crippen molar-refractivity contribution < 1.29 is 4.39 Å². The maximum atomic E-state index is 13.0. The van der Waals surface area contributed by atoms with E-state index in [0.29, 0.717) is 5.02 Å². The van der Waals surface area contributed by atoms with Gasteiger partial charge in [-0.25, -0.2) is 4.39 Å². The largest absolute Gasteiger partial charge is 0.314 e. The summed E-state index contributed by atoms with van der Waals surface area (Å²) in [5, 5.41) is 4.18. The van der Waals surface area contributed by atoms with Crippen LogP contribution in [0.3, 0.4) is 0 Å². The molecule has 0 bridgehead atoms. The number of nitrogens with one attached hydrogen (secondary N) is 1. The summed E-state index contributed by atoms with van der Waals surface area (Å²) < 4.78 is 13.0. The molecule has 2 saturated carbocycles. The van der Waals surface area contributed by atoms with Crippen LogP contribution in [0, 0.1) is 17.7 Å². The minimum absolute atomic E-state index is 0.246. The van der Waals surface area contributed by atoms with Gasteiger partial charge in [0.25, 0.3) is 0 Å². The fourth-order valence-electron chi connectivity index (χ4n) is 2.75. The molecule has 1 N–H and O–H groups in total. The van der Waals surface area contributed by atoms with Crippen LogP contribution in [-0.2, 0) is 6.42 Å². The van der Waals surface area contributed by atoms with Gasteiger partial charge in [-0.15, -0.1) is 0 Å². The molecule has 0 radical (unpaired) electrons. The van der Waals surface area contributed by atoms with E-state index in [4.69, 9.17) is 11.6 Å². The van der Waals surface area contributed by atoms with Gasteiger partial charge in [-0.2, -0.15) is 0 Å². The number of rotatable bonds is 5. The van der Waals surface area contributed by atoms with Crippen molar-refractivity contribution in [3.63, 3.8) is 0 Å². The Kier molecular flexibility index (Phi) is 3.58. The van der Waals surface area contributed by atoms with Crippen LogP contribution < -0.4 is 5.32 Å². The Bertz CT molecular complexity index is 431. The van der Waals surface area contributed by atoms with E-state index in [1.807, 2.05) is 6.07 Å². The summed E-state index contributed by atoms with van der Waals surface area (Å²) in [6.45, 7) is 1.15. The molecule has 1 aromatic carbocycles. The van der Waals surface area contributed by atoms with Crippen molar-refractivity contribution in [1.29, 1.82) is 0 Å². The fraction of sp³-hybridized carbons (Fsp3) is 0.600. The monoisotopic (exact) mass is 267 g/mol. The zero-order valence-electron chi connectivity index (χ0n) is 10.5. The highest BCUT2D eigenvalue weighted by Gasteiger charge is 2.32. The van der Waals surface area contributed by atoms with E-state index in [2.05, 4.69) is 5.32 Å². The van der Waals surface area contributed by atoms with Crippen molar-refractivity contribution in [2.45, 2.75) is 38.1 Å². The average Bonchev–Trinajstić information content (AvgIpc) is 3.10. The highest BCUT2D eigenvalue weighted by molar-refractivity contribution is 6.31. The molecule has 2 fully saturated rings. The molecule has 98 valence electrons. The molecule has 0 heterocycles. The fourth-order valence-corrected chi connectivity index (χ4v) is 3.00. The summed E-state index contributed by atoms with van der Waals surface area (Å²) in [5.74, 6) is 1.26. The molecule has 2 aliphatic carbocycles. The molecule has 3 heteroatoms. The Morgan fingerprint density at radius 3 is 2.56 bits per heavy atom. The number of halogens is 2. The molecule has 0 aliphatic heterocycles. The first-order chi connectivity index (χ1) is 8.72. The minimum Gasteiger partial charge on any atom is -0.314 e. The standard InChI is InChI=1S/C15H19ClFN/c16-15-8-13(17)4-3-11(15)7-10-1-2-12(10)9-18-14-5-6-14/h3-4,8,10,12,14,18H,1-2,5-7,9H2. The van der Waals surface area contributed by atoms with Gasteiger partial charge in [0.05, 0.1) is 0 Å². The summed E-state index contributed by atoms with van der Waals surface area (Å²) in [6.07, 6.45) is 6.30. The van der Waals surface area contributed by atoms with E-state index < -0.39 is 0 Å². The lowest BCUT2D eigenvalue weighted by molar-refractivity contribution is 0.170. The van der Waals surface area contributed by atoms with Crippen molar-refractivity contribution in [2.75, 3.05) is 6.54 Å². The Balaban J connectivity index is 1.54. The SMILES string of the molecule is Fc1ccc(CC2CCC2CNC2CC2)c(Cl)c1. The van der Waals surface area contributed by atoms with Crippen LogP contribution in [0.25, 0.3) is 0 Å². The van der Waals surface area contributed by atoms with Crippen LogP contribution in [0.1, 0.15) is 31.2 Å². The summed E-state index contributed by atoms with van der Waals surface area (Å²) in [7, 11) is 0. The second-order valence-corrected chi connectivity index (χ2v) is 6.13. The minimum atomic E-state index is -0.246. The zero-order chi connectivity index (χ0) is 12.5. The molecule has 0 spiro atoms. The van der Waals surface area contributed by atoms with Crippen LogP contribution in [0.15, 0.2) is 18.2 Å². The first-order valence-corrected chi connectivity index (χ1v) is 7.27. The summed E-state index contributed by atoms with van der Waals surface area (Å²) in [6, 6.07) is 5.56. The van der Waals surface area contributed by atoms with Gasteiger partial charge in [0, 0.05) is 11.1 Å². The third kappa shape index (κ3) is 2.86. The molecule has 0 aromatic heterocycles. The molecular weight excluding hydrogens is 249 g/mol. The lowest BCUT2D eigenvalue weighted by atomic mass is 9.70. The van der Waals surface area contributed by atoms with E-state index in [1.165, 1.54) is 37.8 Å². The van der Waals surface area contributed by atoms with Crippen LogP contribution in [0.4, 0.5) is 4.39 Å². The van der Waals surface area contributed by atoms with Gasteiger partial charge in [0.1, 0.15) is 5.82 Å². The quantitative estimate of drug-likeness (QED) is 0.856. The van der Waals surface area contributed by atoms with Gasteiger partial charge in [-0.1, -0.05) is 17.7 Å². The molecule has 0 amide bonds. The average molecular weight is 268 g/mol. The van der Waals surface area contributed by atoms with Crippen molar-refractivity contribution in [2.24, 2.45) is 11.8 Å². The van der Waals surface area contributed by atoms with Crippen LogP contribution in [0.2, 0.25) is 5.02 Å². The summed E-state index contributed by atoms with van der Waals surface area (Å²) in [4.78, 5) is 0. The lowest BCUT2D eigenvalue weighted by Gasteiger charge is -2.37. The molecule has 2 unspecified atom stereocenters. The van der Waals surface area contributed by atoms with Gasteiger partial charge in [-0.05, 0) is 68.2 Å². The predicted octanol–water partition coefficient (Wildman–Crippen LogP) is 3.80. The Labute approximate surface area is 113 Å².